The van der Waals surface area contributed by atoms with Crippen LogP contribution >= 0.6 is 0 Å². The number of hydrogen-bond donors (Lipinski definition) is 1. The summed E-state index contributed by atoms with van der Waals surface area (Å²) in [5, 5.41) is 2.83. The number of hydrogen-bond acceptors (Lipinski definition) is 5. The highest BCUT2D eigenvalue weighted by atomic mass is 16.7. The fourth-order valence-corrected chi connectivity index (χ4v) is 3.11. The van der Waals surface area contributed by atoms with Crippen molar-refractivity contribution in [2.24, 2.45) is 0 Å². The number of nitrogens with zero attached hydrogens (tertiary/aromatic N) is 1. The van der Waals surface area contributed by atoms with Crippen LogP contribution in [-0.4, -0.2) is 37.8 Å². The van der Waals surface area contributed by atoms with E-state index < -0.39 is 6.10 Å². The van der Waals surface area contributed by atoms with Crippen LogP contribution in [0.1, 0.15) is 23.7 Å². The van der Waals surface area contributed by atoms with Crippen molar-refractivity contribution in [2.75, 3.05) is 24.8 Å². The van der Waals surface area contributed by atoms with Gasteiger partial charge in [0.15, 0.2) is 17.6 Å². The Hall–Kier alpha value is -3.22. The Kier molecular flexibility index (Phi) is 4.58. The van der Waals surface area contributed by atoms with Crippen LogP contribution in [-0.2, 0) is 4.79 Å². The molecule has 2 amide bonds. The molecule has 7 nitrogen and oxygen atoms in total. The molecule has 2 heterocycles. The average Bonchev–Trinajstić information content (AvgIpc) is 3.18. The van der Waals surface area contributed by atoms with Gasteiger partial charge in [0, 0.05) is 12.1 Å². The molecule has 27 heavy (non-hydrogen) atoms. The number of nitrogens with one attached hydrogen (secondary N) is 1. The molecule has 2 aromatic carbocycles. The highest BCUT2D eigenvalue weighted by Crippen LogP contribution is 2.36. The summed E-state index contributed by atoms with van der Waals surface area (Å²) in [7, 11) is 0. The minimum Gasteiger partial charge on any atom is -0.477 e. The first-order valence-electron chi connectivity index (χ1n) is 8.92. The van der Waals surface area contributed by atoms with Crippen LogP contribution in [0.25, 0.3) is 0 Å². The SMILES string of the molecule is CCCNC(=O)[C@@H]1CN(C(=O)c2ccc3c(c2)OCO3)c2ccccc2O1. The minimum absolute atomic E-state index is 0.139. The van der Waals surface area contributed by atoms with Crippen LogP contribution in [0.3, 0.4) is 0 Å². The van der Waals surface area contributed by atoms with E-state index in [0.717, 1.165) is 6.42 Å². The van der Waals surface area contributed by atoms with Gasteiger partial charge >= 0.3 is 0 Å². The lowest BCUT2D eigenvalue weighted by atomic mass is 10.1. The highest BCUT2D eigenvalue weighted by Gasteiger charge is 2.34. The Morgan fingerprint density at radius 2 is 1.93 bits per heavy atom. The number of para-hydroxylation sites is 2. The van der Waals surface area contributed by atoms with Crippen LogP contribution in [0, 0.1) is 0 Å². The van der Waals surface area contributed by atoms with Gasteiger partial charge in [-0.15, -0.1) is 0 Å². The third kappa shape index (κ3) is 3.28. The Bertz CT molecular complexity index is 882. The van der Waals surface area contributed by atoms with Crippen molar-refractivity contribution < 1.29 is 23.8 Å². The second-order valence-electron chi connectivity index (χ2n) is 6.35. The van der Waals surface area contributed by atoms with Crippen molar-refractivity contribution in [3.63, 3.8) is 0 Å². The first-order valence-corrected chi connectivity index (χ1v) is 8.92. The summed E-state index contributed by atoms with van der Waals surface area (Å²) in [6, 6.07) is 12.3. The molecule has 0 radical (unpaired) electrons. The summed E-state index contributed by atoms with van der Waals surface area (Å²) < 4.78 is 16.5. The molecule has 1 atom stereocenters. The smallest absolute Gasteiger partial charge is 0.262 e. The zero-order valence-electron chi connectivity index (χ0n) is 14.9. The Labute approximate surface area is 156 Å². The van der Waals surface area contributed by atoms with E-state index in [4.69, 9.17) is 14.2 Å². The predicted molar refractivity (Wildman–Crippen MR) is 98.4 cm³/mol. The standard InChI is InChI=1S/C20H20N2O5/c1-2-9-21-19(23)18-11-22(14-5-3-4-6-15(14)27-18)20(24)13-7-8-16-17(10-13)26-12-25-16/h3-8,10,18H,2,9,11-12H2,1H3,(H,21,23)/t18-/m0/s1. The first kappa shape index (κ1) is 17.2. The van der Waals surface area contributed by atoms with Crippen LogP contribution < -0.4 is 24.4 Å². The molecule has 0 saturated heterocycles. The second-order valence-corrected chi connectivity index (χ2v) is 6.35. The quantitative estimate of drug-likeness (QED) is 0.896. The molecule has 4 rings (SSSR count). The lowest BCUT2D eigenvalue weighted by Gasteiger charge is -2.34. The molecule has 0 bridgehead atoms. The molecular weight excluding hydrogens is 348 g/mol. The number of carbonyl (C=O) groups excluding carboxylic acids is 2. The molecule has 0 aliphatic carbocycles. The largest absolute Gasteiger partial charge is 0.477 e. The fraction of sp³-hybridized carbons (Fsp3) is 0.300. The summed E-state index contributed by atoms with van der Waals surface area (Å²) in [6.45, 7) is 2.83. The van der Waals surface area contributed by atoms with Crippen molar-refractivity contribution in [3.05, 3.63) is 48.0 Å². The van der Waals surface area contributed by atoms with Gasteiger partial charge in [0.05, 0.1) is 12.2 Å². The molecule has 140 valence electrons. The number of rotatable bonds is 4. The second kappa shape index (κ2) is 7.19. The van der Waals surface area contributed by atoms with E-state index in [1.54, 1.807) is 35.2 Å². The Morgan fingerprint density at radius 1 is 1.11 bits per heavy atom. The summed E-state index contributed by atoms with van der Waals surface area (Å²) in [5.41, 5.74) is 1.10. The third-order valence-electron chi connectivity index (χ3n) is 4.48. The van der Waals surface area contributed by atoms with Crippen molar-refractivity contribution in [2.45, 2.75) is 19.4 Å². The molecule has 0 fully saturated rings. The zero-order valence-corrected chi connectivity index (χ0v) is 14.9. The molecule has 7 heteroatoms. The summed E-state index contributed by atoms with van der Waals surface area (Å²) in [6.07, 6.45) is 0.0685. The third-order valence-corrected chi connectivity index (χ3v) is 4.48. The Balaban J connectivity index is 1.63. The molecule has 2 aromatic rings. The first-order chi connectivity index (χ1) is 13.2. The lowest BCUT2D eigenvalue weighted by molar-refractivity contribution is -0.127. The molecule has 2 aliphatic rings. The highest BCUT2D eigenvalue weighted by molar-refractivity contribution is 6.08. The van der Waals surface area contributed by atoms with E-state index in [0.29, 0.717) is 35.0 Å². The maximum atomic E-state index is 13.2. The van der Waals surface area contributed by atoms with Crippen molar-refractivity contribution in [1.29, 1.82) is 0 Å². The number of amides is 2. The van der Waals surface area contributed by atoms with Crippen LogP contribution in [0.15, 0.2) is 42.5 Å². The van der Waals surface area contributed by atoms with Gasteiger partial charge in [-0.3, -0.25) is 9.59 Å². The van der Waals surface area contributed by atoms with Gasteiger partial charge in [-0.05, 0) is 36.8 Å². The van der Waals surface area contributed by atoms with Gasteiger partial charge in [-0.2, -0.15) is 0 Å². The monoisotopic (exact) mass is 368 g/mol. The lowest BCUT2D eigenvalue weighted by Crippen LogP contribution is -2.50. The van der Waals surface area contributed by atoms with Crippen molar-refractivity contribution in [1.82, 2.24) is 5.32 Å². The number of anilines is 1. The molecule has 0 saturated carbocycles. The Morgan fingerprint density at radius 3 is 2.78 bits per heavy atom. The summed E-state index contributed by atoms with van der Waals surface area (Å²) in [5.74, 6) is 1.21. The predicted octanol–water partition coefficient (Wildman–Crippen LogP) is 2.35. The maximum absolute atomic E-state index is 13.2. The van der Waals surface area contributed by atoms with Crippen LogP contribution in [0.2, 0.25) is 0 Å². The van der Waals surface area contributed by atoms with E-state index in [-0.39, 0.29) is 25.2 Å². The molecule has 0 aromatic heterocycles. The molecule has 1 N–H and O–H groups in total. The normalized spacial score (nSPS) is 17.1. The molecule has 0 spiro atoms. The van der Waals surface area contributed by atoms with Crippen molar-refractivity contribution in [3.8, 4) is 17.2 Å². The maximum Gasteiger partial charge on any atom is 0.262 e. The summed E-state index contributed by atoms with van der Waals surface area (Å²) in [4.78, 5) is 27.2. The molecule has 2 aliphatic heterocycles. The van der Waals surface area contributed by atoms with Gasteiger partial charge in [0.1, 0.15) is 5.75 Å². The van der Waals surface area contributed by atoms with Gasteiger partial charge in [-0.25, -0.2) is 0 Å². The van der Waals surface area contributed by atoms with Gasteiger partial charge in [-0.1, -0.05) is 19.1 Å². The number of fused-ring (bicyclic) bond motifs is 2. The van der Waals surface area contributed by atoms with E-state index in [1.165, 1.54) is 0 Å². The minimum atomic E-state index is -0.760. The van der Waals surface area contributed by atoms with E-state index in [2.05, 4.69) is 5.32 Å². The molecule has 0 unspecified atom stereocenters. The van der Waals surface area contributed by atoms with Gasteiger partial charge in [0.25, 0.3) is 11.8 Å². The number of ether oxygens (including phenoxy) is 3. The fourth-order valence-electron chi connectivity index (χ4n) is 3.11. The van der Waals surface area contributed by atoms with Crippen molar-refractivity contribution >= 4 is 17.5 Å². The average molecular weight is 368 g/mol. The van der Waals surface area contributed by atoms with Crippen LogP contribution in [0.4, 0.5) is 5.69 Å². The zero-order chi connectivity index (χ0) is 18.8. The van der Waals surface area contributed by atoms with E-state index >= 15 is 0 Å². The van der Waals surface area contributed by atoms with E-state index in [1.807, 2.05) is 19.1 Å². The number of benzene rings is 2. The summed E-state index contributed by atoms with van der Waals surface area (Å²) >= 11 is 0. The van der Waals surface area contributed by atoms with Gasteiger partial charge in [0.2, 0.25) is 6.79 Å². The number of carbonyl (C=O) groups is 2. The van der Waals surface area contributed by atoms with E-state index in [9.17, 15) is 9.59 Å². The van der Waals surface area contributed by atoms with Gasteiger partial charge < -0.3 is 24.4 Å². The van der Waals surface area contributed by atoms with Crippen LogP contribution in [0.5, 0.6) is 17.2 Å². The topological polar surface area (TPSA) is 77.1 Å². The molecular formula is C20H20N2O5.